The van der Waals surface area contributed by atoms with E-state index in [4.69, 9.17) is 0 Å². The van der Waals surface area contributed by atoms with E-state index in [0.717, 1.165) is 17.4 Å². The zero-order valence-electron chi connectivity index (χ0n) is 21.1. The van der Waals surface area contributed by atoms with Gasteiger partial charge >= 0.3 is 206 Å². The van der Waals surface area contributed by atoms with Gasteiger partial charge in [-0.1, -0.05) is 0 Å². The third-order valence-electron chi connectivity index (χ3n) is 5.06. The number of benzene rings is 2. The van der Waals surface area contributed by atoms with Gasteiger partial charge in [0.05, 0.1) is 0 Å². The van der Waals surface area contributed by atoms with Crippen LogP contribution >= 0.6 is 0 Å². The van der Waals surface area contributed by atoms with Crippen molar-refractivity contribution in [1.82, 2.24) is 0 Å². The topological polar surface area (TPSA) is 23.1 Å². The summed E-state index contributed by atoms with van der Waals surface area (Å²) in [6.45, 7) is 16.7. The summed E-state index contributed by atoms with van der Waals surface area (Å²) in [6, 6.07) is 20.4. The molecule has 0 saturated carbocycles. The van der Waals surface area contributed by atoms with Crippen molar-refractivity contribution in [1.29, 1.82) is 0 Å². The van der Waals surface area contributed by atoms with Crippen LogP contribution in [0.25, 0.3) is 5.76 Å². The van der Waals surface area contributed by atoms with E-state index in [0.29, 0.717) is 0 Å². The quantitative estimate of drug-likeness (QED) is 0.203. The summed E-state index contributed by atoms with van der Waals surface area (Å²) < 4.78 is 4.04. The minimum absolute atomic E-state index is 0.0679. The van der Waals surface area contributed by atoms with Gasteiger partial charge in [-0.15, -0.1) is 0 Å². The summed E-state index contributed by atoms with van der Waals surface area (Å²) >= 11 is -1.33. The van der Waals surface area contributed by atoms with Gasteiger partial charge in [-0.3, -0.25) is 0 Å². The second kappa shape index (κ2) is 12.8. The average molecular weight is 562 g/mol. The molecule has 0 saturated heterocycles. The molecule has 3 heteroatoms. The first-order chi connectivity index (χ1) is 15.0. The van der Waals surface area contributed by atoms with E-state index in [2.05, 4.69) is 83.4 Å². The Hall–Kier alpha value is -1.27. The van der Waals surface area contributed by atoms with Gasteiger partial charge in [0.1, 0.15) is 0 Å². The molecule has 0 radical (unpaired) electrons. The van der Waals surface area contributed by atoms with Crippen molar-refractivity contribution in [2.75, 3.05) is 0 Å². The number of rotatable bonds is 11. The Kier molecular flexibility index (Phi) is 10.8. The summed E-state index contributed by atoms with van der Waals surface area (Å²) in [7, 11) is -1.46. The van der Waals surface area contributed by atoms with E-state index in [9.17, 15) is 5.11 Å². The van der Waals surface area contributed by atoms with E-state index in [1.54, 1.807) is 0 Å². The molecule has 0 heterocycles. The molecule has 0 aliphatic rings. The Balaban J connectivity index is 2.55. The summed E-state index contributed by atoms with van der Waals surface area (Å²) in [5.74, 6) is 1.71. The Bertz CT molecular complexity index is 853. The van der Waals surface area contributed by atoms with Crippen LogP contribution in [0.5, 0.6) is 0 Å². The SMILES string of the molecule is CC(C)C[Te+](C/C(=C/[Si](C)(C)C)C(/C=C(\[O-])c1ccccc1)c1ccccc1)CC(C)C. The molecule has 32 heavy (non-hydrogen) atoms. The molecule has 2 rings (SSSR count). The molecule has 0 fully saturated rings. The van der Waals surface area contributed by atoms with Gasteiger partial charge in [0.2, 0.25) is 0 Å². The molecule has 0 amide bonds. The summed E-state index contributed by atoms with van der Waals surface area (Å²) in [6.07, 6.45) is 2.00. The second-order valence-corrected chi connectivity index (χ2v) is 22.0. The monoisotopic (exact) mass is 564 g/mol. The van der Waals surface area contributed by atoms with Crippen LogP contribution in [0.2, 0.25) is 33.0 Å². The van der Waals surface area contributed by atoms with Crippen LogP contribution in [-0.2, 0) is 0 Å². The van der Waals surface area contributed by atoms with Crippen LogP contribution in [-0.4, -0.2) is 27.6 Å². The summed E-state index contributed by atoms with van der Waals surface area (Å²) in [5, 5.41) is 13.3. The molecule has 174 valence electrons. The van der Waals surface area contributed by atoms with Crippen LogP contribution in [0.1, 0.15) is 44.7 Å². The van der Waals surface area contributed by atoms with Gasteiger partial charge in [0, 0.05) is 0 Å². The third-order valence-corrected chi connectivity index (χ3v) is 14.9. The van der Waals surface area contributed by atoms with Gasteiger partial charge in [-0.05, 0) is 0 Å². The van der Waals surface area contributed by atoms with Crippen molar-refractivity contribution >= 4 is 33.4 Å². The predicted molar refractivity (Wildman–Crippen MR) is 145 cm³/mol. The molecular formula is C29H42OSiTe. The molecule has 1 atom stereocenters. The van der Waals surface area contributed by atoms with Gasteiger partial charge < -0.3 is 0 Å². The second-order valence-electron chi connectivity index (χ2n) is 10.7. The molecule has 0 bridgehead atoms. The molecule has 0 aliphatic carbocycles. The van der Waals surface area contributed by atoms with E-state index >= 15 is 0 Å². The fraction of sp³-hybridized carbons (Fsp3) is 0.448. The van der Waals surface area contributed by atoms with Gasteiger partial charge in [0.25, 0.3) is 0 Å². The average Bonchev–Trinajstić information content (AvgIpc) is 2.70. The van der Waals surface area contributed by atoms with Crippen molar-refractivity contribution in [3.05, 3.63) is 89.1 Å². The maximum atomic E-state index is 13.3. The summed E-state index contributed by atoms with van der Waals surface area (Å²) in [4.78, 5) is 0. The zero-order valence-corrected chi connectivity index (χ0v) is 24.4. The van der Waals surface area contributed by atoms with Crippen LogP contribution in [0.3, 0.4) is 0 Å². The van der Waals surface area contributed by atoms with Crippen LogP contribution in [0, 0.1) is 11.8 Å². The Morgan fingerprint density at radius 1 is 0.844 bits per heavy atom. The van der Waals surface area contributed by atoms with Gasteiger partial charge in [-0.2, -0.15) is 0 Å². The first kappa shape index (κ1) is 27.0. The third kappa shape index (κ3) is 9.70. The Morgan fingerprint density at radius 2 is 1.34 bits per heavy atom. The van der Waals surface area contributed by atoms with E-state index in [-0.39, 0.29) is 11.7 Å². The molecule has 1 unspecified atom stereocenters. The first-order valence-electron chi connectivity index (χ1n) is 11.9. The Morgan fingerprint density at radius 3 is 1.81 bits per heavy atom. The maximum absolute atomic E-state index is 13.3. The molecule has 2 aromatic rings. The molecule has 2 aromatic carbocycles. The van der Waals surface area contributed by atoms with Crippen molar-refractivity contribution in [3.63, 3.8) is 0 Å². The first-order valence-corrected chi connectivity index (χ1v) is 20.4. The summed E-state index contributed by atoms with van der Waals surface area (Å²) in [5.41, 5.74) is 6.14. The van der Waals surface area contributed by atoms with Crippen molar-refractivity contribution in [2.24, 2.45) is 11.8 Å². The number of allylic oxidation sites excluding steroid dienone is 2. The fourth-order valence-electron chi connectivity index (χ4n) is 4.07. The zero-order chi connectivity index (χ0) is 23.7. The van der Waals surface area contributed by atoms with Gasteiger partial charge in [-0.25, -0.2) is 0 Å². The predicted octanol–water partition coefficient (Wildman–Crippen LogP) is 7.78. The molecule has 0 aromatic heterocycles. The minimum atomic E-state index is -1.46. The van der Waals surface area contributed by atoms with E-state index in [1.165, 1.54) is 24.5 Å². The molecule has 0 spiro atoms. The van der Waals surface area contributed by atoms with Crippen molar-refractivity contribution in [2.45, 2.75) is 66.7 Å². The van der Waals surface area contributed by atoms with Crippen LogP contribution < -0.4 is 5.11 Å². The van der Waals surface area contributed by atoms with Crippen LogP contribution in [0.15, 0.2) is 78.0 Å². The molecule has 1 nitrogen and oxygen atoms in total. The molecular weight excluding hydrogens is 520 g/mol. The van der Waals surface area contributed by atoms with Crippen molar-refractivity contribution < 1.29 is 5.11 Å². The normalized spacial score (nSPS) is 14.4. The standard InChI is InChI=1S/C29H42OSiTe/c1-23(2)20-32(21-24(3)4)22-27(19-31(5,6)7)28(25-14-10-8-11-15-25)18-29(30)26-16-12-9-13-17-26/h8-19,23-24,28H,20-22H2,1-7H3/b27-19-,29-18-. The number of hydrogen-bond acceptors (Lipinski definition) is 1. The molecule has 0 N–H and O–H groups in total. The van der Waals surface area contributed by atoms with Gasteiger partial charge in [0.15, 0.2) is 0 Å². The Labute approximate surface area is 205 Å². The van der Waals surface area contributed by atoms with E-state index < -0.39 is 27.6 Å². The van der Waals surface area contributed by atoms with Crippen LogP contribution in [0.4, 0.5) is 0 Å². The number of hydrogen-bond donors (Lipinski definition) is 0. The van der Waals surface area contributed by atoms with E-state index in [1.807, 2.05) is 36.4 Å². The molecule has 0 aliphatic heterocycles. The fourth-order valence-corrected chi connectivity index (χ4v) is 14.5. The van der Waals surface area contributed by atoms with Crippen molar-refractivity contribution in [3.8, 4) is 0 Å².